The molecule has 1 aromatic carbocycles. The molecule has 4 N–H and O–H groups in total. The van der Waals surface area contributed by atoms with Gasteiger partial charge in [-0.3, -0.25) is 4.79 Å². The Kier molecular flexibility index (Phi) is 10.3. The van der Waals surface area contributed by atoms with Gasteiger partial charge in [-0.2, -0.15) is 0 Å². The van der Waals surface area contributed by atoms with Gasteiger partial charge in [0.25, 0.3) is 5.91 Å². The summed E-state index contributed by atoms with van der Waals surface area (Å²) in [6, 6.07) is 8.00. The number of aliphatic imine (C=N–C) groups is 1. The number of rotatable bonds is 11. The fourth-order valence-corrected chi connectivity index (χ4v) is 3.31. The van der Waals surface area contributed by atoms with E-state index in [0.29, 0.717) is 18.3 Å². The second kappa shape index (κ2) is 13.0. The van der Waals surface area contributed by atoms with Gasteiger partial charge >= 0.3 is 0 Å². The number of hydrogen-bond donors (Lipinski definition) is 3. The van der Waals surface area contributed by atoms with E-state index in [1.54, 1.807) is 13.2 Å². The molecule has 8 nitrogen and oxygen atoms in total. The SMILES string of the molecule is CCNC(=NCc1cccc(OCC(N)=O)c1)NC1CCN(CCCOC)CC1. The first-order chi connectivity index (χ1) is 14.1. The molecule has 2 rings (SSSR count). The van der Waals surface area contributed by atoms with Crippen LogP contribution < -0.4 is 21.1 Å². The topological polar surface area (TPSA) is 101 Å². The van der Waals surface area contributed by atoms with Gasteiger partial charge in [0.05, 0.1) is 6.54 Å². The van der Waals surface area contributed by atoms with Crippen LogP contribution in [0.15, 0.2) is 29.3 Å². The molecule has 0 spiro atoms. The van der Waals surface area contributed by atoms with Crippen molar-refractivity contribution in [1.82, 2.24) is 15.5 Å². The predicted octanol–water partition coefficient (Wildman–Crippen LogP) is 1.11. The Morgan fingerprint density at radius 1 is 1.34 bits per heavy atom. The lowest BCUT2D eigenvalue weighted by Crippen LogP contribution is -2.48. The van der Waals surface area contributed by atoms with Crippen molar-refractivity contribution >= 4 is 11.9 Å². The zero-order chi connectivity index (χ0) is 20.9. The lowest BCUT2D eigenvalue weighted by molar-refractivity contribution is -0.119. The molecule has 162 valence electrons. The van der Waals surface area contributed by atoms with Crippen LogP contribution in [0.4, 0.5) is 0 Å². The molecule has 1 fully saturated rings. The van der Waals surface area contributed by atoms with Crippen LogP contribution in [-0.4, -0.2) is 69.3 Å². The standard InChI is InChI=1S/C21H35N5O3/c1-3-23-21(25-18-8-11-26(12-9-18)10-5-13-28-2)24-15-17-6-4-7-19(14-17)29-16-20(22)27/h4,6-7,14,18H,3,5,8-13,15-16H2,1-2H3,(H2,22,27)(H2,23,24,25). The Balaban J connectivity index is 1.84. The van der Waals surface area contributed by atoms with E-state index in [9.17, 15) is 4.79 Å². The molecule has 29 heavy (non-hydrogen) atoms. The predicted molar refractivity (Wildman–Crippen MR) is 115 cm³/mol. The van der Waals surface area contributed by atoms with Crippen molar-refractivity contribution < 1.29 is 14.3 Å². The Morgan fingerprint density at radius 3 is 2.83 bits per heavy atom. The lowest BCUT2D eigenvalue weighted by Gasteiger charge is -2.33. The minimum atomic E-state index is -0.489. The van der Waals surface area contributed by atoms with Crippen molar-refractivity contribution in [3.63, 3.8) is 0 Å². The van der Waals surface area contributed by atoms with Crippen molar-refractivity contribution in [2.75, 3.05) is 46.5 Å². The third-order valence-corrected chi connectivity index (χ3v) is 4.79. The first-order valence-electron chi connectivity index (χ1n) is 10.4. The molecule has 1 amide bonds. The molecule has 1 saturated heterocycles. The van der Waals surface area contributed by atoms with Gasteiger partial charge in [-0.15, -0.1) is 0 Å². The molecular formula is C21H35N5O3. The number of amides is 1. The first kappa shape index (κ1) is 23.0. The largest absolute Gasteiger partial charge is 0.484 e. The highest BCUT2D eigenvalue weighted by Crippen LogP contribution is 2.14. The minimum absolute atomic E-state index is 0.124. The fraction of sp³-hybridized carbons (Fsp3) is 0.619. The maximum atomic E-state index is 10.9. The molecule has 0 radical (unpaired) electrons. The molecule has 0 unspecified atom stereocenters. The van der Waals surface area contributed by atoms with Crippen LogP contribution in [0.3, 0.4) is 0 Å². The van der Waals surface area contributed by atoms with Crippen LogP contribution in [0, 0.1) is 0 Å². The number of hydrogen-bond acceptors (Lipinski definition) is 5. The van der Waals surface area contributed by atoms with Crippen molar-refractivity contribution in [3.05, 3.63) is 29.8 Å². The van der Waals surface area contributed by atoms with E-state index >= 15 is 0 Å². The van der Waals surface area contributed by atoms with Gasteiger partial charge in [0.15, 0.2) is 12.6 Å². The molecule has 1 heterocycles. The van der Waals surface area contributed by atoms with Crippen molar-refractivity contribution in [2.24, 2.45) is 10.7 Å². The number of ether oxygens (including phenoxy) is 2. The Morgan fingerprint density at radius 2 is 2.14 bits per heavy atom. The molecule has 1 aliphatic heterocycles. The van der Waals surface area contributed by atoms with Gasteiger partial charge in [-0.1, -0.05) is 12.1 Å². The number of nitrogens with two attached hydrogens (primary N) is 1. The van der Waals surface area contributed by atoms with Gasteiger partial charge in [-0.25, -0.2) is 4.99 Å². The summed E-state index contributed by atoms with van der Waals surface area (Å²) < 4.78 is 10.5. The molecule has 0 aromatic heterocycles. The second-order valence-electron chi connectivity index (χ2n) is 7.20. The number of nitrogens with one attached hydrogen (secondary N) is 2. The number of primary amides is 1. The highest BCUT2D eigenvalue weighted by molar-refractivity contribution is 5.80. The zero-order valence-corrected chi connectivity index (χ0v) is 17.7. The number of benzene rings is 1. The van der Waals surface area contributed by atoms with Crippen molar-refractivity contribution in [1.29, 1.82) is 0 Å². The summed E-state index contributed by atoms with van der Waals surface area (Å²) in [5, 5.41) is 6.89. The quantitative estimate of drug-likeness (QED) is 0.290. The molecule has 1 aliphatic rings. The summed E-state index contributed by atoms with van der Waals surface area (Å²) in [5.74, 6) is 0.959. The number of likely N-dealkylation sites (tertiary alicyclic amines) is 1. The Hall–Kier alpha value is -2.32. The van der Waals surface area contributed by atoms with E-state index in [2.05, 4.69) is 22.5 Å². The third-order valence-electron chi connectivity index (χ3n) is 4.79. The van der Waals surface area contributed by atoms with Crippen LogP contribution in [0.25, 0.3) is 0 Å². The summed E-state index contributed by atoms with van der Waals surface area (Å²) in [7, 11) is 1.75. The van der Waals surface area contributed by atoms with Gasteiger partial charge in [0.1, 0.15) is 5.75 Å². The van der Waals surface area contributed by atoms with Crippen LogP contribution in [0.2, 0.25) is 0 Å². The van der Waals surface area contributed by atoms with Gasteiger partial charge in [0, 0.05) is 45.9 Å². The van der Waals surface area contributed by atoms with E-state index in [-0.39, 0.29) is 6.61 Å². The van der Waals surface area contributed by atoms with Crippen LogP contribution in [0.5, 0.6) is 5.75 Å². The number of carbonyl (C=O) groups excluding carboxylic acids is 1. The molecule has 1 aromatic rings. The van der Waals surface area contributed by atoms with Crippen molar-refractivity contribution in [3.8, 4) is 5.75 Å². The summed E-state index contributed by atoms with van der Waals surface area (Å²) in [6.45, 7) is 7.39. The Bertz CT molecular complexity index is 645. The van der Waals surface area contributed by atoms with Crippen LogP contribution in [-0.2, 0) is 16.1 Å². The highest BCUT2D eigenvalue weighted by atomic mass is 16.5. The van der Waals surface area contributed by atoms with Crippen molar-refractivity contribution in [2.45, 2.75) is 38.8 Å². The molecule has 0 saturated carbocycles. The van der Waals surface area contributed by atoms with Gasteiger partial charge in [-0.05, 0) is 43.9 Å². The number of methoxy groups -OCH3 is 1. The number of piperidine rings is 1. The van der Waals surface area contributed by atoms with E-state index in [4.69, 9.17) is 20.2 Å². The molecular weight excluding hydrogens is 370 g/mol. The van der Waals surface area contributed by atoms with E-state index in [0.717, 1.165) is 63.6 Å². The zero-order valence-electron chi connectivity index (χ0n) is 17.7. The Labute approximate surface area is 173 Å². The average Bonchev–Trinajstić information content (AvgIpc) is 2.72. The lowest BCUT2D eigenvalue weighted by atomic mass is 10.1. The van der Waals surface area contributed by atoms with Gasteiger partial charge in [0.2, 0.25) is 0 Å². The summed E-state index contributed by atoms with van der Waals surface area (Å²) in [6.07, 6.45) is 3.29. The van der Waals surface area contributed by atoms with E-state index in [1.807, 2.05) is 18.2 Å². The fourth-order valence-electron chi connectivity index (χ4n) is 3.31. The highest BCUT2D eigenvalue weighted by Gasteiger charge is 2.19. The van der Waals surface area contributed by atoms with E-state index in [1.165, 1.54) is 0 Å². The smallest absolute Gasteiger partial charge is 0.255 e. The van der Waals surface area contributed by atoms with Crippen LogP contribution >= 0.6 is 0 Å². The minimum Gasteiger partial charge on any atom is -0.484 e. The maximum Gasteiger partial charge on any atom is 0.255 e. The van der Waals surface area contributed by atoms with Gasteiger partial charge < -0.3 is 30.7 Å². The summed E-state index contributed by atoms with van der Waals surface area (Å²) in [4.78, 5) is 18.1. The monoisotopic (exact) mass is 405 g/mol. The molecule has 0 atom stereocenters. The molecule has 8 heteroatoms. The summed E-state index contributed by atoms with van der Waals surface area (Å²) in [5.41, 5.74) is 6.14. The normalized spacial score (nSPS) is 15.9. The van der Waals surface area contributed by atoms with E-state index < -0.39 is 5.91 Å². The average molecular weight is 406 g/mol. The number of nitrogens with zero attached hydrogens (tertiary/aromatic N) is 2. The number of carbonyl (C=O) groups is 1. The second-order valence-corrected chi connectivity index (χ2v) is 7.20. The van der Waals surface area contributed by atoms with Crippen LogP contribution in [0.1, 0.15) is 31.7 Å². The summed E-state index contributed by atoms with van der Waals surface area (Å²) >= 11 is 0. The molecule has 0 bridgehead atoms. The third kappa shape index (κ3) is 9.15. The first-order valence-corrected chi connectivity index (χ1v) is 10.4. The molecule has 0 aliphatic carbocycles. The number of guanidine groups is 1. The maximum absolute atomic E-state index is 10.9.